The number of rotatable bonds is 0. The molecule has 5 heavy (non-hydrogen) atoms. The van der Waals surface area contributed by atoms with E-state index in [1.54, 1.807) is 0 Å². The van der Waals surface area contributed by atoms with Crippen LogP contribution in [0.4, 0.5) is 0 Å². The first-order valence-corrected chi connectivity index (χ1v) is 7.35. The quantitative estimate of drug-likeness (QED) is 0.476. The van der Waals surface area contributed by atoms with Gasteiger partial charge in [0.2, 0.25) is 0 Å². The van der Waals surface area contributed by atoms with E-state index in [1.165, 1.54) is 0 Å². The number of halogens is 2. The van der Waals surface area contributed by atoms with Gasteiger partial charge in [0.05, 0.1) is 0 Å². The molecule has 0 nitrogen and oxygen atoms in total. The van der Waals surface area contributed by atoms with Crippen LogP contribution in [0.25, 0.3) is 0 Å². The summed E-state index contributed by atoms with van der Waals surface area (Å²) in [5, 5.41) is 0. The maximum atomic E-state index is 3.11. The third-order valence-electron chi connectivity index (χ3n) is 0. The molecule has 3 heteroatoms. The second-order valence-corrected chi connectivity index (χ2v) is 7.22. The fourth-order valence-electron chi connectivity index (χ4n) is 0. The molecule has 0 saturated carbocycles. The second-order valence-electron chi connectivity index (χ2n) is 0.0452. The van der Waals surface area contributed by atoms with Crippen molar-refractivity contribution < 1.29 is 13.9 Å². The topological polar surface area (TPSA) is 0 Å². The summed E-state index contributed by atoms with van der Waals surface area (Å²) in [5.41, 5.74) is 0. The minimum absolute atomic E-state index is 0. The van der Waals surface area contributed by atoms with Gasteiger partial charge in [-0.05, 0) is 0 Å². The van der Waals surface area contributed by atoms with Gasteiger partial charge in [-0.1, -0.05) is 0 Å². The molecule has 0 unspecified atom stereocenters. The van der Waals surface area contributed by atoms with Crippen LogP contribution in [-0.4, -0.2) is 0 Å². The van der Waals surface area contributed by atoms with E-state index >= 15 is 0 Å². The van der Waals surface area contributed by atoms with Crippen molar-refractivity contribution >= 4 is 26.9 Å². The van der Waals surface area contributed by atoms with Crippen LogP contribution in [0.2, 0.25) is 0 Å². The van der Waals surface area contributed by atoms with Crippen LogP contribution >= 0.6 is 26.9 Å². The molecule has 0 saturated heterocycles. The van der Waals surface area contributed by atoms with Crippen LogP contribution in [0.15, 0.2) is 0 Å². The average Bonchev–Trinajstić information content (AvgIpc) is 0.918. The molecule has 0 radical (unpaired) electrons. The molecule has 0 bridgehead atoms. The summed E-state index contributed by atoms with van der Waals surface area (Å²) >= 11 is 6.80. The van der Waals surface area contributed by atoms with Crippen molar-refractivity contribution in [2.75, 3.05) is 0 Å². The molecule has 0 aliphatic heterocycles. The van der Waals surface area contributed by atoms with E-state index < -0.39 is 0 Å². The van der Waals surface area contributed by atoms with Gasteiger partial charge in [-0.25, -0.2) is 0 Å². The molecule has 0 aromatic rings. The third kappa shape index (κ3) is 28.0. The van der Waals surface area contributed by atoms with Gasteiger partial charge in [0.25, 0.3) is 0 Å². The Balaban J connectivity index is -0.0000000200. The van der Waals surface area contributed by atoms with Crippen LogP contribution in [0.3, 0.4) is 0 Å². The zero-order valence-electron chi connectivity index (χ0n) is 3.07. The van der Waals surface area contributed by atoms with Crippen molar-refractivity contribution in [3.05, 3.63) is 14.9 Å². The first-order valence-electron chi connectivity index (χ1n) is 0.239. The SMILES string of the molecule is [Br][Pd][Br].[CH3-].[CH3-]. The van der Waals surface area contributed by atoms with Gasteiger partial charge in [-0.15, -0.1) is 0 Å². The standard InChI is InChI=1S/2CH3.2BrH.Pd/h2*1H3;2*1H;/q2*-1;;;+2/p-2. The molecule has 0 spiro atoms. The van der Waals surface area contributed by atoms with E-state index in [-0.39, 0.29) is 14.9 Å². The van der Waals surface area contributed by atoms with Crippen molar-refractivity contribution in [3.8, 4) is 0 Å². The average molecular weight is 296 g/mol. The van der Waals surface area contributed by atoms with Crippen LogP contribution < -0.4 is 0 Å². The fourth-order valence-corrected chi connectivity index (χ4v) is 0. The molecule has 40 valence electrons. The van der Waals surface area contributed by atoms with E-state index in [0.29, 0.717) is 13.9 Å². The molecular formula is C2H6Br2Pd-2. The molecule has 0 aromatic heterocycles. The zero-order chi connectivity index (χ0) is 2.71. The third-order valence-corrected chi connectivity index (χ3v) is 0. The molecule has 0 N–H and O–H groups in total. The van der Waals surface area contributed by atoms with Crippen LogP contribution in [0.1, 0.15) is 0 Å². The molecule has 0 aliphatic carbocycles. The summed E-state index contributed by atoms with van der Waals surface area (Å²) in [6.07, 6.45) is 0. The Kier molecular flexibility index (Phi) is 55.7. The summed E-state index contributed by atoms with van der Waals surface area (Å²) in [7, 11) is 0. The Bertz CT molecular complexity index is 7.61. The van der Waals surface area contributed by atoms with Gasteiger partial charge < -0.3 is 14.9 Å². The smallest absolute Gasteiger partial charge is 0.358 e. The monoisotopic (exact) mass is 294 g/mol. The number of hydrogen-bond acceptors (Lipinski definition) is 0. The summed E-state index contributed by atoms with van der Waals surface area (Å²) < 4.78 is 0. The predicted molar refractivity (Wildman–Crippen MR) is 30.7 cm³/mol. The van der Waals surface area contributed by atoms with Crippen LogP contribution in [0, 0.1) is 14.9 Å². The van der Waals surface area contributed by atoms with Crippen molar-refractivity contribution in [2.24, 2.45) is 0 Å². The molecule has 0 rings (SSSR count). The molecular weight excluding hydrogens is 290 g/mol. The molecule has 0 atom stereocenters. The first-order chi connectivity index (χ1) is 1.41. The van der Waals surface area contributed by atoms with E-state index in [1.807, 2.05) is 0 Å². The Morgan fingerprint density at radius 1 is 1.00 bits per heavy atom. The van der Waals surface area contributed by atoms with Gasteiger partial charge in [-0.2, -0.15) is 0 Å². The van der Waals surface area contributed by atoms with Gasteiger partial charge >= 0.3 is 40.8 Å². The second kappa shape index (κ2) is 17.5. The fraction of sp³-hybridized carbons (Fsp3) is 0. The normalized spacial score (nSPS) is 4.40. The van der Waals surface area contributed by atoms with Crippen LogP contribution in [0.5, 0.6) is 0 Å². The molecule has 0 aliphatic rings. The van der Waals surface area contributed by atoms with Gasteiger partial charge in [0, 0.05) is 0 Å². The molecule has 0 aromatic carbocycles. The Hall–Kier alpha value is 1.62. The first kappa shape index (κ1) is 16.0. The zero-order valence-corrected chi connectivity index (χ0v) is 7.80. The van der Waals surface area contributed by atoms with E-state index in [0.717, 1.165) is 0 Å². The van der Waals surface area contributed by atoms with Gasteiger partial charge in [0.15, 0.2) is 0 Å². The maximum Gasteiger partial charge on any atom is -0.358 e. The summed E-state index contributed by atoms with van der Waals surface area (Å²) in [6.45, 7) is 0. The Morgan fingerprint density at radius 2 is 1.00 bits per heavy atom. The Labute approximate surface area is 55.3 Å². The molecule has 0 amide bonds. The summed E-state index contributed by atoms with van der Waals surface area (Å²) in [5.74, 6) is 0. The predicted octanol–water partition coefficient (Wildman–Crippen LogP) is 2.59. The van der Waals surface area contributed by atoms with Crippen molar-refractivity contribution in [1.29, 1.82) is 0 Å². The van der Waals surface area contributed by atoms with Crippen LogP contribution in [-0.2, 0) is 13.9 Å². The minimum Gasteiger partial charge on any atom is -0.358 e. The van der Waals surface area contributed by atoms with Gasteiger partial charge in [-0.3, -0.25) is 0 Å². The maximum absolute atomic E-state index is 3.11. The van der Waals surface area contributed by atoms with E-state index in [9.17, 15) is 0 Å². The van der Waals surface area contributed by atoms with Crippen molar-refractivity contribution in [3.63, 3.8) is 0 Å². The molecule has 0 fully saturated rings. The Morgan fingerprint density at radius 3 is 1.00 bits per heavy atom. The van der Waals surface area contributed by atoms with E-state index in [2.05, 4.69) is 26.9 Å². The largest absolute Gasteiger partial charge is 0.358 e. The van der Waals surface area contributed by atoms with E-state index in [4.69, 9.17) is 0 Å². The summed E-state index contributed by atoms with van der Waals surface area (Å²) in [6, 6.07) is 0. The summed E-state index contributed by atoms with van der Waals surface area (Å²) in [4.78, 5) is 0. The van der Waals surface area contributed by atoms with Crippen molar-refractivity contribution in [2.45, 2.75) is 0 Å². The molecule has 0 heterocycles. The number of hydrogen-bond donors (Lipinski definition) is 0. The minimum atomic E-state index is 0. The van der Waals surface area contributed by atoms with Gasteiger partial charge in [0.1, 0.15) is 0 Å². The van der Waals surface area contributed by atoms with Crippen molar-refractivity contribution in [1.82, 2.24) is 0 Å².